The van der Waals surface area contributed by atoms with E-state index in [4.69, 9.17) is 16.0 Å². The highest BCUT2D eigenvalue weighted by molar-refractivity contribution is 7.07. The standard InChI is InChI=1S/C10H9ClO2S/c11-10-8(1-3-13-10)9(12)5-7-2-4-14-6-7/h1-4,6,9,12H,5H2. The fourth-order valence-corrected chi connectivity index (χ4v) is 2.21. The van der Waals surface area contributed by atoms with Crippen molar-refractivity contribution in [1.29, 1.82) is 0 Å². The Kier molecular flexibility index (Phi) is 2.91. The Labute approximate surface area is 90.8 Å². The highest BCUT2D eigenvalue weighted by Gasteiger charge is 2.14. The molecule has 1 unspecified atom stereocenters. The van der Waals surface area contributed by atoms with Crippen LogP contribution in [0.3, 0.4) is 0 Å². The minimum atomic E-state index is -0.587. The molecule has 0 aromatic carbocycles. The van der Waals surface area contributed by atoms with E-state index in [0.717, 1.165) is 5.56 Å². The summed E-state index contributed by atoms with van der Waals surface area (Å²) in [5.74, 6) is 0. The highest BCUT2D eigenvalue weighted by Crippen LogP contribution is 2.26. The average molecular weight is 229 g/mol. The van der Waals surface area contributed by atoms with Crippen LogP contribution in [0.15, 0.2) is 33.6 Å². The third-order valence-corrected chi connectivity index (χ3v) is 3.05. The van der Waals surface area contributed by atoms with E-state index in [-0.39, 0.29) is 5.22 Å². The van der Waals surface area contributed by atoms with E-state index in [1.165, 1.54) is 6.26 Å². The highest BCUT2D eigenvalue weighted by atomic mass is 35.5. The molecule has 4 heteroatoms. The van der Waals surface area contributed by atoms with Crippen molar-refractivity contribution < 1.29 is 9.52 Å². The van der Waals surface area contributed by atoms with Gasteiger partial charge in [0.2, 0.25) is 0 Å². The summed E-state index contributed by atoms with van der Waals surface area (Å²) in [5.41, 5.74) is 1.76. The lowest BCUT2D eigenvalue weighted by Gasteiger charge is -2.06. The molecule has 14 heavy (non-hydrogen) atoms. The van der Waals surface area contributed by atoms with Crippen LogP contribution in [-0.2, 0) is 6.42 Å². The van der Waals surface area contributed by atoms with E-state index in [1.54, 1.807) is 17.4 Å². The maximum atomic E-state index is 9.82. The van der Waals surface area contributed by atoms with E-state index in [1.807, 2.05) is 16.8 Å². The monoisotopic (exact) mass is 228 g/mol. The first-order valence-electron chi connectivity index (χ1n) is 4.19. The van der Waals surface area contributed by atoms with Gasteiger partial charge in [-0.15, -0.1) is 0 Å². The molecule has 0 radical (unpaired) electrons. The molecule has 0 aliphatic carbocycles. The number of halogens is 1. The minimum absolute atomic E-state index is 0.271. The van der Waals surface area contributed by atoms with Gasteiger partial charge in [-0.3, -0.25) is 0 Å². The molecule has 0 aliphatic rings. The van der Waals surface area contributed by atoms with Gasteiger partial charge in [-0.05, 0) is 40.1 Å². The summed E-state index contributed by atoms with van der Waals surface area (Å²) >= 11 is 7.37. The molecule has 74 valence electrons. The molecule has 2 aromatic heterocycles. The molecule has 2 aromatic rings. The number of rotatable bonds is 3. The van der Waals surface area contributed by atoms with Gasteiger partial charge in [-0.2, -0.15) is 11.3 Å². The zero-order valence-electron chi connectivity index (χ0n) is 7.31. The molecule has 2 nitrogen and oxygen atoms in total. The van der Waals surface area contributed by atoms with Crippen LogP contribution in [0, 0.1) is 0 Å². The lowest BCUT2D eigenvalue weighted by atomic mass is 10.1. The Bertz CT molecular complexity index is 394. The first kappa shape index (κ1) is 9.77. The average Bonchev–Trinajstić information content (AvgIpc) is 2.75. The molecular weight excluding hydrogens is 220 g/mol. The summed E-state index contributed by atoms with van der Waals surface area (Å²) in [5, 5.41) is 14.1. The molecule has 0 bridgehead atoms. The first-order chi connectivity index (χ1) is 6.77. The van der Waals surface area contributed by atoms with Crippen LogP contribution in [-0.4, -0.2) is 5.11 Å². The van der Waals surface area contributed by atoms with Crippen LogP contribution in [0.25, 0.3) is 0 Å². The van der Waals surface area contributed by atoms with Crippen LogP contribution in [0.5, 0.6) is 0 Å². The number of aliphatic hydroxyl groups is 1. The van der Waals surface area contributed by atoms with Gasteiger partial charge in [-0.25, -0.2) is 0 Å². The van der Waals surface area contributed by atoms with Gasteiger partial charge in [-0.1, -0.05) is 0 Å². The van der Waals surface area contributed by atoms with Crippen molar-refractivity contribution in [2.75, 3.05) is 0 Å². The Morgan fingerprint density at radius 1 is 1.50 bits per heavy atom. The van der Waals surface area contributed by atoms with Gasteiger partial charge < -0.3 is 9.52 Å². The zero-order valence-corrected chi connectivity index (χ0v) is 8.89. The van der Waals surface area contributed by atoms with Crippen LogP contribution < -0.4 is 0 Å². The molecule has 0 fully saturated rings. The van der Waals surface area contributed by atoms with Crippen molar-refractivity contribution in [2.45, 2.75) is 12.5 Å². The van der Waals surface area contributed by atoms with E-state index in [9.17, 15) is 5.11 Å². The van der Waals surface area contributed by atoms with Crippen LogP contribution >= 0.6 is 22.9 Å². The largest absolute Gasteiger partial charge is 0.453 e. The molecule has 1 N–H and O–H groups in total. The Balaban J connectivity index is 2.10. The van der Waals surface area contributed by atoms with Gasteiger partial charge in [0.25, 0.3) is 0 Å². The number of hydrogen-bond acceptors (Lipinski definition) is 3. The smallest absolute Gasteiger partial charge is 0.198 e. The van der Waals surface area contributed by atoms with Crippen LogP contribution in [0.4, 0.5) is 0 Å². The predicted molar refractivity (Wildman–Crippen MR) is 56.7 cm³/mol. The van der Waals surface area contributed by atoms with Crippen molar-refractivity contribution >= 4 is 22.9 Å². The summed E-state index contributed by atoms with van der Waals surface area (Å²) in [6.07, 6.45) is 1.47. The molecule has 0 aliphatic heterocycles. The maximum Gasteiger partial charge on any atom is 0.198 e. The van der Waals surface area contributed by atoms with Gasteiger partial charge in [0, 0.05) is 12.0 Å². The second kappa shape index (κ2) is 4.17. The van der Waals surface area contributed by atoms with Gasteiger partial charge >= 0.3 is 0 Å². The summed E-state index contributed by atoms with van der Waals surface area (Å²) < 4.78 is 4.91. The van der Waals surface area contributed by atoms with Crippen molar-refractivity contribution in [3.05, 3.63) is 45.5 Å². The van der Waals surface area contributed by atoms with Gasteiger partial charge in [0.1, 0.15) is 0 Å². The maximum absolute atomic E-state index is 9.82. The number of thiophene rings is 1. The molecule has 0 spiro atoms. The van der Waals surface area contributed by atoms with E-state index >= 15 is 0 Å². The normalized spacial score (nSPS) is 13.0. The predicted octanol–water partition coefficient (Wildman–Crippen LogP) is 3.27. The molecule has 0 saturated carbocycles. The molecule has 0 amide bonds. The second-order valence-corrected chi connectivity index (χ2v) is 4.12. The Hall–Kier alpha value is -0.770. The van der Waals surface area contributed by atoms with Gasteiger partial charge in [0.15, 0.2) is 5.22 Å². The summed E-state index contributed by atoms with van der Waals surface area (Å²) in [6, 6.07) is 3.68. The van der Waals surface area contributed by atoms with Crippen molar-refractivity contribution in [3.63, 3.8) is 0 Å². The lowest BCUT2D eigenvalue weighted by molar-refractivity contribution is 0.178. The first-order valence-corrected chi connectivity index (χ1v) is 5.51. The Morgan fingerprint density at radius 3 is 2.93 bits per heavy atom. The zero-order chi connectivity index (χ0) is 9.97. The fraction of sp³-hybridized carbons (Fsp3) is 0.200. The molecular formula is C10H9ClO2S. The van der Waals surface area contributed by atoms with E-state index in [0.29, 0.717) is 12.0 Å². The summed E-state index contributed by atoms with van der Waals surface area (Å²) in [4.78, 5) is 0. The van der Waals surface area contributed by atoms with Crippen molar-refractivity contribution in [1.82, 2.24) is 0 Å². The van der Waals surface area contributed by atoms with Crippen molar-refractivity contribution in [2.24, 2.45) is 0 Å². The number of furan rings is 1. The molecule has 2 rings (SSSR count). The lowest BCUT2D eigenvalue weighted by Crippen LogP contribution is -1.99. The Morgan fingerprint density at radius 2 is 2.36 bits per heavy atom. The minimum Gasteiger partial charge on any atom is -0.453 e. The molecule has 1 atom stereocenters. The fourth-order valence-electron chi connectivity index (χ4n) is 1.28. The van der Waals surface area contributed by atoms with Crippen LogP contribution in [0.1, 0.15) is 17.2 Å². The van der Waals surface area contributed by atoms with E-state index in [2.05, 4.69) is 0 Å². The number of hydrogen-bond donors (Lipinski definition) is 1. The third kappa shape index (κ3) is 2.00. The number of aliphatic hydroxyl groups excluding tert-OH is 1. The summed E-state index contributed by atoms with van der Waals surface area (Å²) in [6.45, 7) is 0. The summed E-state index contributed by atoms with van der Waals surface area (Å²) in [7, 11) is 0. The van der Waals surface area contributed by atoms with Gasteiger partial charge in [0.05, 0.1) is 12.4 Å². The van der Waals surface area contributed by atoms with Crippen molar-refractivity contribution in [3.8, 4) is 0 Å². The van der Waals surface area contributed by atoms with Crippen LogP contribution in [0.2, 0.25) is 5.22 Å². The quantitative estimate of drug-likeness (QED) is 0.875. The van der Waals surface area contributed by atoms with E-state index < -0.39 is 6.10 Å². The topological polar surface area (TPSA) is 33.4 Å². The molecule has 2 heterocycles. The third-order valence-electron chi connectivity index (χ3n) is 2.01. The second-order valence-electron chi connectivity index (χ2n) is 3.00. The SMILES string of the molecule is OC(Cc1ccsc1)c1ccoc1Cl. The molecule has 0 saturated heterocycles.